The Labute approximate surface area is 179 Å². The van der Waals surface area contributed by atoms with Crippen molar-refractivity contribution in [3.05, 3.63) is 60.7 Å². The number of benzene rings is 2. The van der Waals surface area contributed by atoms with E-state index in [0.29, 0.717) is 5.75 Å². The van der Waals surface area contributed by atoms with Crippen molar-refractivity contribution in [1.29, 1.82) is 0 Å². The second kappa shape index (κ2) is 16.5. The fourth-order valence-corrected chi connectivity index (χ4v) is 1.67. The molecule has 0 aliphatic rings. The van der Waals surface area contributed by atoms with E-state index in [9.17, 15) is 4.79 Å². The summed E-state index contributed by atoms with van der Waals surface area (Å²) in [6.07, 6.45) is 0. The molecular weight excluding hydrogens is 363 g/mol. The highest BCUT2D eigenvalue weighted by Gasteiger charge is 2.29. The monoisotopic (exact) mass is 401 g/mol. The molecule has 0 aliphatic carbocycles. The molecule has 3 radical (unpaired) electrons. The lowest BCUT2D eigenvalue weighted by atomic mass is 10.1. The predicted octanol–water partition coefficient (Wildman–Crippen LogP) is 6.46. The SMILES string of the molecule is CC.CC.CC(C)(C)Oc1ccccc1.CC(C)(Oc1ccccc1)C(=O)O.[B]. The van der Waals surface area contributed by atoms with Gasteiger partial charge in [-0.05, 0) is 58.9 Å². The van der Waals surface area contributed by atoms with E-state index in [1.54, 1.807) is 24.3 Å². The van der Waals surface area contributed by atoms with Gasteiger partial charge >= 0.3 is 5.97 Å². The maximum atomic E-state index is 10.7. The van der Waals surface area contributed by atoms with Crippen LogP contribution in [0.3, 0.4) is 0 Å². The zero-order valence-corrected chi connectivity index (χ0v) is 19.5. The summed E-state index contributed by atoms with van der Waals surface area (Å²) in [5, 5.41) is 8.78. The summed E-state index contributed by atoms with van der Waals surface area (Å²) >= 11 is 0. The van der Waals surface area contributed by atoms with E-state index in [1.165, 1.54) is 13.8 Å². The first-order valence-electron chi connectivity index (χ1n) is 9.82. The number of carboxylic acid groups (broad SMARTS) is 1. The molecule has 0 unspecified atom stereocenters. The molecule has 29 heavy (non-hydrogen) atoms. The Morgan fingerprint density at radius 1 is 0.690 bits per heavy atom. The van der Waals surface area contributed by atoms with Gasteiger partial charge in [-0.25, -0.2) is 4.79 Å². The number of carboxylic acids is 1. The van der Waals surface area contributed by atoms with E-state index in [2.05, 4.69) is 0 Å². The van der Waals surface area contributed by atoms with Crippen LogP contribution in [0.15, 0.2) is 60.7 Å². The highest BCUT2D eigenvalue weighted by atomic mass is 16.5. The van der Waals surface area contributed by atoms with Crippen LogP contribution >= 0.6 is 0 Å². The molecule has 2 aromatic carbocycles. The standard InChI is InChI=1S/C10H12O3.C10H14O.2C2H6.B/c1-10(2,9(11)12)13-8-6-4-3-5-7-8;1-10(2,3)11-9-7-5-4-6-8-9;2*1-2;/h3-7H,1-2H3,(H,11,12);4-8H,1-3H3;2*1-2H3;. The number of ether oxygens (including phenoxy) is 2. The van der Waals surface area contributed by atoms with Crippen molar-refractivity contribution in [2.45, 2.75) is 73.5 Å². The van der Waals surface area contributed by atoms with Gasteiger partial charge in [-0.15, -0.1) is 0 Å². The Kier molecular flexibility index (Phi) is 17.8. The first-order valence-corrected chi connectivity index (χ1v) is 9.82. The van der Waals surface area contributed by atoms with E-state index >= 15 is 0 Å². The van der Waals surface area contributed by atoms with Crippen molar-refractivity contribution in [3.63, 3.8) is 0 Å². The zero-order chi connectivity index (χ0) is 22.2. The van der Waals surface area contributed by atoms with Gasteiger partial charge in [-0.2, -0.15) is 0 Å². The van der Waals surface area contributed by atoms with Crippen molar-refractivity contribution in [2.75, 3.05) is 0 Å². The molecule has 0 aliphatic heterocycles. The number of aliphatic carboxylic acids is 1. The smallest absolute Gasteiger partial charge is 0.347 e. The van der Waals surface area contributed by atoms with Crippen molar-refractivity contribution in [1.82, 2.24) is 0 Å². The molecule has 0 aromatic heterocycles. The first-order chi connectivity index (χ1) is 13.1. The van der Waals surface area contributed by atoms with Gasteiger partial charge in [0.15, 0.2) is 5.60 Å². The van der Waals surface area contributed by atoms with Crippen LogP contribution in [-0.4, -0.2) is 30.7 Å². The van der Waals surface area contributed by atoms with Crippen molar-refractivity contribution in [2.24, 2.45) is 0 Å². The zero-order valence-electron chi connectivity index (χ0n) is 19.5. The lowest BCUT2D eigenvalue weighted by Crippen LogP contribution is -2.37. The third-order valence-electron chi connectivity index (χ3n) is 2.80. The van der Waals surface area contributed by atoms with Gasteiger partial charge in [0.25, 0.3) is 0 Å². The summed E-state index contributed by atoms with van der Waals surface area (Å²) in [4.78, 5) is 10.7. The van der Waals surface area contributed by atoms with Gasteiger partial charge in [0, 0.05) is 8.41 Å². The minimum atomic E-state index is -1.18. The fourth-order valence-electron chi connectivity index (χ4n) is 1.67. The molecular formula is C24H38BO4. The second-order valence-electron chi connectivity index (χ2n) is 6.76. The van der Waals surface area contributed by atoms with Crippen molar-refractivity contribution >= 4 is 14.4 Å². The number of hydrogen-bond donors (Lipinski definition) is 1. The maximum absolute atomic E-state index is 10.7. The molecule has 0 heterocycles. The molecule has 161 valence electrons. The maximum Gasteiger partial charge on any atom is 0.347 e. The largest absolute Gasteiger partial charge is 0.488 e. The van der Waals surface area contributed by atoms with Gasteiger partial charge in [0.05, 0.1) is 0 Å². The summed E-state index contributed by atoms with van der Waals surface area (Å²) in [7, 11) is 0. The summed E-state index contributed by atoms with van der Waals surface area (Å²) < 4.78 is 10.9. The minimum absolute atomic E-state index is 0. The van der Waals surface area contributed by atoms with E-state index in [0.717, 1.165) is 5.75 Å². The van der Waals surface area contributed by atoms with Crippen LogP contribution in [-0.2, 0) is 4.79 Å². The first kappa shape index (κ1) is 31.3. The Morgan fingerprint density at radius 2 is 1.00 bits per heavy atom. The molecule has 0 saturated carbocycles. The average Bonchev–Trinajstić information content (AvgIpc) is 2.65. The van der Waals surface area contributed by atoms with Gasteiger partial charge in [0.1, 0.15) is 17.1 Å². The predicted molar refractivity (Wildman–Crippen MR) is 124 cm³/mol. The van der Waals surface area contributed by atoms with Crippen LogP contribution in [0.2, 0.25) is 0 Å². The molecule has 0 fully saturated rings. The van der Waals surface area contributed by atoms with E-state index in [1.807, 2.05) is 84.9 Å². The van der Waals surface area contributed by atoms with Gasteiger partial charge < -0.3 is 14.6 Å². The lowest BCUT2D eigenvalue weighted by molar-refractivity contribution is -0.152. The molecule has 0 atom stereocenters. The molecule has 2 rings (SSSR count). The van der Waals surface area contributed by atoms with E-state index < -0.39 is 11.6 Å². The summed E-state index contributed by atoms with van der Waals surface area (Å²) in [5.41, 5.74) is -1.28. The minimum Gasteiger partial charge on any atom is -0.488 e. The van der Waals surface area contributed by atoms with Gasteiger partial charge in [-0.1, -0.05) is 64.1 Å². The van der Waals surface area contributed by atoms with Crippen molar-refractivity contribution in [3.8, 4) is 11.5 Å². The number of carbonyl (C=O) groups is 1. The van der Waals surface area contributed by atoms with Crippen LogP contribution < -0.4 is 9.47 Å². The Bertz CT molecular complexity index is 620. The molecule has 0 bridgehead atoms. The molecule has 0 spiro atoms. The highest BCUT2D eigenvalue weighted by molar-refractivity contribution is 5.76. The normalized spacial score (nSPS) is 9.55. The lowest BCUT2D eigenvalue weighted by Gasteiger charge is -2.21. The van der Waals surface area contributed by atoms with E-state index in [-0.39, 0.29) is 14.0 Å². The summed E-state index contributed by atoms with van der Waals surface area (Å²) in [6, 6.07) is 18.8. The fraction of sp³-hybridized carbons (Fsp3) is 0.458. The summed E-state index contributed by atoms with van der Waals surface area (Å²) in [5.74, 6) is 0.520. The van der Waals surface area contributed by atoms with Gasteiger partial charge in [-0.3, -0.25) is 0 Å². The topological polar surface area (TPSA) is 55.8 Å². The van der Waals surface area contributed by atoms with Crippen LogP contribution in [0.5, 0.6) is 11.5 Å². The van der Waals surface area contributed by atoms with Crippen LogP contribution in [0, 0.1) is 0 Å². The van der Waals surface area contributed by atoms with Crippen LogP contribution in [0.4, 0.5) is 0 Å². The number of hydrogen-bond acceptors (Lipinski definition) is 3. The molecule has 1 N–H and O–H groups in total. The van der Waals surface area contributed by atoms with E-state index in [4.69, 9.17) is 14.6 Å². The molecule has 5 heteroatoms. The van der Waals surface area contributed by atoms with Crippen LogP contribution in [0.25, 0.3) is 0 Å². The molecule has 2 aromatic rings. The van der Waals surface area contributed by atoms with Crippen LogP contribution in [0.1, 0.15) is 62.3 Å². The molecule has 4 nitrogen and oxygen atoms in total. The highest BCUT2D eigenvalue weighted by Crippen LogP contribution is 2.17. The third kappa shape index (κ3) is 16.3. The third-order valence-corrected chi connectivity index (χ3v) is 2.80. The number of rotatable bonds is 4. The Hall–Kier alpha value is -2.43. The summed E-state index contributed by atoms with van der Waals surface area (Å²) in [6.45, 7) is 17.2. The molecule has 0 saturated heterocycles. The quantitative estimate of drug-likeness (QED) is 0.597. The Morgan fingerprint density at radius 3 is 1.28 bits per heavy atom. The number of para-hydroxylation sites is 2. The second-order valence-corrected chi connectivity index (χ2v) is 6.76. The molecule has 0 amide bonds. The Balaban J connectivity index is -0.000000389. The average molecular weight is 401 g/mol. The van der Waals surface area contributed by atoms with Gasteiger partial charge in [0.2, 0.25) is 0 Å². The van der Waals surface area contributed by atoms with Crippen molar-refractivity contribution < 1.29 is 19.4 Å².